The smallest absolute Gasteiger partial charge is 0.123 e. The minimum atomic E-state index is -0.514. The Hall–Kier alpha value is -1.67. The summed E-state index contributed by atoms with van der Waals surface area (Å²) >= 11 is 0. The molecule has 0 aliphatic rings. The number of aliphatic hydroxyl groups excluding tert-OH is 1. The first-order valence-corrected chi connectivity index (χ1v) is 6.48. The predicted molar refractivity (Wildman–Crippen MR) is 75.6 cm³/mol. The molecule has 1 nitrogen and oxygen atoms in total. The van der Waals surface area contributed by atoms with E-state index in [2.05, 4.69) is 0 Å². The number of aliphatic hydroxyl groups is 1. The van der Waals surface area contributed by atoms with E-state index in [4.69, 9.17) is 0 Å². The average Bonchev–Trinajstić information content (AvgIpc) is 2.40. The third kappa shape index (κ3) is 3.21. The van der Waals surface area contributed by atoms with Gasteiger partial charge in [-0.05, 0) is 29.7 Å². The van der Waals surface area contributed by atoms with Crippen LogP contribution in [0.4, 0.5) is 4.39 Å². The third-order valence-corrected chi connectivity index (χ3v) is 3.69. The van der Waals surface area contributed by atoms with Crippen molar-refractivity contribution in [2.24, 2.45) is 0 Å². The highest BCUT2D eigenvalue weighted by Crippen LogP contribution is 2.29. The second-order valence-electron chi connectivity index (χ2n) is 5.43. The number of halogens is 1. The van der Waals surface area contributed by atoms with Crippen LogP contribution in [0.2, 0.25) is 0 Å². The molecule has 0 fully saturated rings. The van der Waals surface area contributed by atoms with Crippen molar-refractivity contribution in [2.45, 2.75) is 31.8 Å². The van der Waals surface area contributed by atoms with E-state index < -0.39 is 11.5 Å². The standard InChI is InChI=1S/C17H19FO/c1-17(2,14-8-10-15(18)11-9-14)16(19)12-13-6-4-3-5-7-13/h3-11,16,19H,12H2,1-2H3. The van der Waals surface area contributed by atoms with Gasteiger partial charge in [0.05, 0.1) is 6.10 Å². The van der Waals surface area contributed by atoms with Gasteiger partial charge in [0.1, 0.15) is 5.82 Å². The Morgan fingerprint density at radius 3 is 2.16 bits per heavy atom. The largest absolute Gasteiger partial charge is 0.392 e. The van der Waals surface area contributed by atoms with Gasteiger partial charge in [0.15, 0.2) is 0 Å². The predicted octanol–water partition coefficient (Wildman–Crippen LogP) is 3.71. The number of hydrogen-bond acceptors (Lipinski definition) is 1. The Morgan fingerprint density at radius 2 is 1.58 bits per heavy atom. The fourth-order valence-electron chi connectivity index (χ4n) is 2.16. The van der Waals surface area contributed by atoms with Crippen LogP contribution >= 0.6 is 0 Å². The molecule has 2 heteroatoms. The van der Waals surface area contributed by atoms with E-state index in [0.717, 1.165) is 11.1 Å². The van der Waals surface area contributed by atoms with Crippen LogP contribution in [-0.4, -0.2) is 11.2 Å². The first kappa shape index (κ1) is 13.8. The second-order valence-corrected chi connectivity index (χ2v) is 5.43. The molecule has 1 atom stereocenters. The van der Waals surface area contributed by atoms with Crippen molar-refractivity contribution in [2.75, 3.05) is 0 Å². The lowest BCUT2D eigenvalue weighted by molar-refractivity contribution is 0.0999. The molecule has 0 amide bonds. The molecule has 0 bridgehead atoms. The Morgan fingerprint density at radius 1 is 1.00 bits per heavy atom. The van der Waals surface area contributed by atoms with E-state index >= 15 is 0 Å². The summed E-state index contributed by atoms with van der Waals surface area (Å²) < 4.78 is 13.0. The maximum Gasteiger partial charge on any atom is 0.123 e. The fourth-order valence-corrected chi connectivity index (χ4v) is 2.16. The molecule has 2 aromatic rings. The summed E-state index contributed by atoms with van der Waals surface area (Å²) in [6.07, 6.45) is 0.0750. The first-order valence-electron chi connectivity index (χ1n) is 6.48. The van der Waals surface area contributed by atoms with Crippen molar-refractivity contribution < 1.29 is 9.50 Å². The monoisotopic (exact) mass is 258 g/mol. The highest BCUT2D eigenvalue weighted by Gasteiger charge is 2.29. The van der Waals surface area contributed by atoms with E-state index in [1.54, 1.807) is 12.1 Å². The van der Waals surface area contributed by atoms with E-state index in [1.165, 1.54) is 12.1 Å². The zero-order chi connectivity index (χ0) is 13.9. The van der Waals surface area contributed by atoms with Crippen LogP contribution < -0.4 is 0 Å². The van der Waals surface area contributed by atoms with E-state index in [-0.39, 0.29) is 5.82 Å². The molecule has 2 rings (SSSR count). The molecule has 0 saturated carbocycles. The number of benzene rings is 2. The molecule has 1 N–H and O–H groups in total. The van der Waals surface area contributed by atoms with Crippen molar-refractivity contribution >= 4 is 0 Å². The summed E-state index contributed by atoms with van der Waals surface area (Å²) in [6.45, 7) is 3.96. The van der Waals surface area contributed by atoms with E-state index in [1.807, 2.05) is 44.2 Å². The molecule has 0 radical (unpaired) electrons. The van der Waals surface area contributed by atoms with Gasteiger partial charge in [-0.15, -0.1) is 0 Å². The summed E-state index contributed by atoms with van der Waals surface area (Å²) in [5, 5.41) is 10.5. The summed E-state index contributed by atoms with van der Waals surface area (Å²) in [7, 11) is 0. The molecule has 1 unspecified atom stereocenters. The Kier molecular flexibility index (Phi) is 4.01. The molecule has 0 aliphatic carbocycles. The lowest BCUT2D eigenvalue weighted by atomic mass is 9.77. The molecule has 2 aromatic carbocycles. The van der Waals surface area contributed by atoms with Gasteiger partial charge in [-0.3, -0.25) is 0 Å². The van der Waals surface area contributed by atoms with Gasteiger partial charge >= 0.3 is 0 Å². The minimum Gasteiger partial charge on any atom is -0.392 e. The van der Waals surface area contributed by atoms with Gasteiger partial charge in [-0.25, -0.2) is 4.39 Å². The van der Waals surface area contributed by atoms with Crippen LogP contribution in [-0.2, 0) is 11.8 Å². The van der Waals surface area contributed by atoms with Crippen molar-refractivity contribution in [1.82, 2.24) is 0 Å². The Labute approximate surface area is 113 Å². The number of rotatable bonds is 4. The lowest BCUT2D eigenvalue weighted by Gasteiger charge is -2.31. The van der Waals surface area contributed by atoms with E-state index in [0.29, 0.717) is 6.42 Å². The fraction of sp³-hybridized carbons (Fsp3) is 0.294. The highest BCUT2D eigenvalue weighted by molar-refractivity contribution is 5.27. The van der Waals surface area contributed by atoms with Crippen molar-refractivity contribution in [3.8, 4) is 0 Å². The average molecular weight is 258 g/mol. The topological polar surface area (TPSA) is 20.2 Å². The minimum absolute atomic E-state index is 0.253. The maximum atomic E-state index is 13.0. The molecule has 100 valence electrons. The maximum absolute atomic E-state index is 13.0. The first-order chi connectivity index (χ1) is 9.00. The van der Waals surface area contributed by atoms with Gasteiger partial charge in [-0.1, -0.05) is 56.3 Å². The van der Waals surface area contributed by atoms with Gasteiger partial charge in [-0.2, -0.15) is 0 Å². The van der Waals surface area contributed by atoms with Crippen LogP contribution in [0.15, 0.2) is 54.6 Å². The molecule has 0 spiro atoms. The summed E-state index contributed by atoms with van der Waals surface area (Å²) in [4.78, 5) is 0. The van der Waals surface area contributed by atoms with Crippen molar-refractivity contribution in [3.05, 3.63) is 71.5 Å². The molecule has 0 aliphatic heterocycles. The van der Waals surface area contributed by atoms with Gasteiger partial charge < -0.3 is 5.11 Å². The summed E-state index contributed by atoms with van der Waals surface area (Å²) in [5.74, 6) is -0.253. The van der Waals surface area contributed by atoms with Gasteiger partial charge in [0.2, 0.25) is 0 Å². The molecule has 0 aromatic heterocycles. The molecule has 0 heterocycles. The Balaban J connectivity index is 2.17. The van der Waals surface area contributed by atoms with Crippen LogP contribution in [0.3, 0.4) is 0 Å². The highest BCUT2D eigenvalue weighted by atomic mass is 19.1. The van der Waals surface area contributed by atoms with E-state index in [9.17, 15) is 9.50 Å². The zero-order valence-electron chi connectivity index (χ0n) is 11.3. The van der Waals surface area contributed by atoms with Crippen LogP contribution in [0.1, 0.15) is 25.0 Å². The van der Waals surface area contributed by atoms with Crippen molar-refractivity contribution in [3.63, 3.8) is 0 Å². The Bertz CT molecular complexity index is 517. The number of hydrogen-bond donors (Lipinski definition) is 1. The van der Waals surface area contributed by atoms with Gasteiger partial charge in [0.25, 0.3) is 0 Å². The van der Waals surface area contributed by atoms with Crippen LogP contribution in [0.25, 0.3) is 0 Å². The van der Waals surface area contributed by atoms with Crippen molar-refractivity contribution in [1.29, 1.82) is 0 Å². The normalized spacial score (nSPS) is 13.3. The third-order valence-electron chi connectivity index (χ3n) is 3.69. The quantitative estimate of drug-likeness (QED) is 0.886. The molecule has 0 saturated heterocycles. The van der Waals surface area contributed by atoms with Gasteiger partial charge in [0, 0.05) is 5.41 Å². The lowest BCUT2D eigenvalue weighted by Crippen LogP contribution is -2.35. The molecular weight excluding hydrogens is 239 g/mol. The summed E-state index contributed by atoms with van der Waals surface area (Å²) in [6, 6.07) is 16.3. The molecular formula is C17H19FO. The summed E-state index contributed by atoms with van der Waals surface area (Å²) in [5.41, 5.74) is 1.63. The SMILES string of the molecule is CC(C)(c1ccc(F)cc1)C(O)Cc1ccccc1. The van der Waals surface area contributed by atoms with Crippen LogP contribution in [0, 0.1) is 5.82 Å². The zero-order valence-corrected chi connectivity index (χ0v) is 11.3. The second kappa shape index (κ2) is 5.54. The van der Waals surface area contributed by atoms with Crippen LogP contribution in [0.5, 0.6) is 0 Å². The molecule has 19 heavy (non-hydrogen) atoms.